The Morgan fingerprint density at radius 3 is 2.33 bits per heavy atom. The molecule has 0 fully saturated rings. The van der Waals surface area contributed by atoms with Crippen molar-refractivity contribution in [3.63, 3.8) is 0 Å². The SMILES string of the molecule is COC(=O)c1ccccc1CS(=O)c1ccc(OC)cc1. The molecule has 0 aliphatic heterocycles. The summed E-state index contributed by atoms with van der Waals surface area (Å²) in [5.41, 5.74) is 1.15. The van der Waals surface area contributed by atoms with Gasteiger partial charge in [0.15, 0.2) is 0 Å². The third-order valence-electron chi connectivity index (χ3n) is 3.03. The zero-order valence-electron chi connectivity index (χ0n) is 11.9. The first-order chi connectivity index (χ1) is 10.2. The van der Waals surface area contributed by atoms with Crippen LogP contribution in [0.1, 0.15) is 15.9 Å². The number of esters is 1. The molecule has 4 nitrogen and oxygen atoms in total. The molecule has 0 spiro atoms. The maximum Gasteiger partial charge on any atom is 0.338 e. The van der Waals surface area contributed by atoms with Crippen LogP contribution in [0.3, 0.4) is 0 Å². The zero-order valence-corrected chi connectivity index (χ0v) is 12.7. The molecule has 0 radical (unpaired) electrons. The minimum atomic E-state index is -1.24. The van der Waals surface area contributed by atoms with Crippen molar-refractivity contribution in [3.8, 4) is 5.75 Å². The Bertz CT molecular complexity index is 650. The topological polar surface area (TPSA) is 52.6 Å². The van der Waals surface area contributed by atoms with Crippen LogP contribution in [0.15, 0.2) is 53.4 Å². The van der Waals surface area contributed by atoms with Gasteiger partial charge in [0.1, 0.15) is 5.75 Å². The third-order valence-corrected chi connectivity index (χ3v) is 4.40. The zero-order chi connectivity index (χ0) is 15.2. The van der Waals surface area contributed by atoms with Crippen molar-refractivity contribution >= 4 is 16.8 Å². The lowest BCUT2D eigenvalue weighted by molar-refractivity contribution is 0.0600. The van der Waals surface area contributed by atoms with E-state index in [0.717, 1.165) is 0 Å². The summed E-state index contributed by atoms with van der Waals surface area (Å²) in [6.45, 7) is 0. The fourth-order valence-electron chi connectivity index (χ4n) is 1.91. The van der Waals surface area contributed by atoms with Gasteiger partial charge in [-0.15, -0.1) is 0 Å². The highest BCUT2D eigenvalue weighted by Crippen LogP contribution is 2.19. The van der Waals surface area contributed by atoms with Crippen molar-refractivity contribution in [3.05, 3.63) is 59.7 Å². The van der Waals surface area contributed by atoms with Crippen LogP contribution in [0, 0.1) is 0 Å². The first-order valence-corrected chi connectivity index (χ1v) is 7.66. The Hall–Kier alpha value is -2.14. The highest BCUT2D eigenvalue weighted by Gasteiger charge is 2.14. The van der Waals surface area contributed by atoms with E-state index in [1.807, 2.05) is 6.07 Å². The quantitative estimate of drug-likeness (QED) is 0.797. The molecule has 2 aromatic rings. The molecule has 0 aliphatic carbocycles. The number of methoxy groups -OCH3 is 2. The van der Waals surface area contributed by atoms with Crippen molar-refractivity contribution in [2.45, 2.75) is 10.6 Å². The van der Waals surface area contributed by atoms with Crippen molar-refractivity contribution < 1.29 is 18.5 Å². The predicted molar refractivity (Wildman–Crippen MR) is 80.9 cm³/mol. The van der Waals surface area contributed by atoms with Crippen molar-refractivity contribution in [1.82, 2.24) is 0 Å². The van der Waals surface area contributed by atoms with Gasteiger partial charge in [-0.3, -0.25) is 4.21 Å². The summed E-state index contributed by atoms with van der Waals surface area (Å²) in [7, 11) is 1.68. The number of carbonyl (C=O) groups is 1. The van der Waals surface area contributed by atoms with Crippen LogP contribution in [-0.4, -0.2) is 24.4 Å². The van der Waals surface area contributed by atoms with Gasteiger partial charge >= 0.3 is 5.97 Å². The average molecular weight is 304 g/mol. The molecule has 0 saturated carbocycles. The van der Waals surface area contributed by atoms with Crippen LogP contribution in [-0.2, 0) is 21.3 Å². The van der Waals surface area contributed by atoms with Gasteiger partial charge in [0, 0.05) is 4.90 Å². The summed E-state index contributed by atoms with van der Waals surface area (Å²) in [5.74, 6) is 0.556. The van der Waals surface area contributed by atoms with Crippen LogP contribution in [0.2, 0.25) is 0 Å². The Morgan fingerprint density at radius 1 is 1.05 bits per heavy atom. The predicted octanol–water partition coefficient (Wildman–Crippen LogP) is 2.79. The van der Waals surface area contributed by atoms with E-state index in [4.69, 9.17) is 9.47 Å². The molecule has 2 aromatic carbocycles. The van der Waals surface area contributed by atoms with E-state index in [-0.39, 0.29) is 5.75 Å². The second kappa shape index (κ2) is 7.04. The number of hydrogen-bond acceptors (Lipinski definition) is 4. The van der Waals surface area contributed by atoms with Gasteiger partial charge in [0.05, 0.1) is 36.3 Å². The second-order valence-corrected chi connectivity index (χ2v) is 5.77. The fourth-order valence-corrected chi connectivity index (χ4v) is 3.05. The lowest BCUT2D eigenvalue weighted by atomic mass is 10.1. The van der Waals surface area contributed by atoms with Gasteiger partial charge in [-0.2, -0.15) is 0 Å². The molecular weight excluding hydrogens is 288 g/mol. The van der Waals surface area contributed by atoms with Crippen molar-refractivity contribution in [2.24, 2.45) is 0 Å². The summed E-state index contributed by atoms with van der Waals surface area (Å²) in [4.78, 5) is 12.4. The minimum Gasteiger partial charge on any atom is -0.497 e. The Balaban J connectivity index is 2.21. The Kier molecular flexibility index (Phi) is 5.11. The van der Waals surface area contributed by atoms with Gasteiger partial charge in [-0.25, -0.2) is 4.79 Å². The summed E-state index contributed by atoms with van der Waals surface area (Å²) >= 11 is 0. The van der Waals surface area contributed by atoms with E-state index >= 15 is 0 Å². The van der Waals surface area contributed by atoms with Crippen LogP contribution >= 0.6 is 0 Å². The number of hydrogen-bond donors (Lipinski definition) is 0. The molecule has 21 heavy (non-hydrogen) atoms. The minimum absolute atomic E-state index is 0.262. The lowest BCUT2D eigenvalue weighted by Crippen LogP contribution is -2.07. The fraction of sp³-hybridized carbons (Fsp3) is 0.188. The van der Waals surface area contributed by atoms with E-state index in [1.54, 1.807) is 49.6 Å². The maximum atomic E-state index is 12.4. The molecule has 0 amide bonds. The van der Waals surface area contributed by atoms with Gasteiger partial charge in [0.2, 0.25) is 0 Å². The van der Waals surface area contributed by atoms with Crippen molar-refractivity contribution in [1.29, 1.82) is 0 Å². The molecule has 1 unspecified atom stereocenters. The summed E-state index contributed by atoms with van der Waals surface area (Å²) in [6.07, 6.45) is 0. The molecule has 0 bridgehead atoms. The van der Waals surface area contributed by atoms with E-state index in [1.165, 1.54) is 7.11 Å². The summed E-state index contributed by atoms with van der Waals surface area (Å²) < 4.78 is 22.2. The van der Waals surface area contributed by atoms with E-state index < -0.39 is 16.8 Å². The average Bonchev–Trinajstić information content (AvgIpc) is 2.54. The normalized spacial score (nSPS) is 11.7. The largest absolute Gasteiger partial charge is 0.497 e. The Labute approximate surface area is 126 Å². The Morgan fingerprint density at radius 2 is 1.71 bits per heavy atom. The van der Waals surface area contributed by atoms with Crippen molar-refractivity contribution in [2.75, 3.05) is 14.2 Å². The van der Waals surface area contributed by atoms with Gasteiger partial charge < -0.3 is 9.47 Å². The number of carbonyl (C=O) groups excluding carboxylic acids is 1. The van der Waals surface area contributed by atoms with Gasteiger partial charge in [-0.05, 0) is 35.9 Å². The van der Waals surface area contributed by atoms with E-state index in [2.05, 4.69) is 0 Å². The molecule has 0 saturated heterocycles. The standard InChI is InChI=1S/C16H16O4S/c1-19-13-7-9-14(10-8-13)21(18)11-12-5-3-4-6-15(12)16(17)20-2/h3-10H,11H2,1-2H3. The number of ether oxygens (including phenoxy) is 2. The summed E-state index contributed by atoms with van der Waals surface area (Å²) in [6, 6.07) is 14.1. The molecule has 0 aromatic heterocycles. The molecule has 1 atom stereocenters. The molecule has 0 N–H and O–H groups in total. The third kappa shape index (κ3) is 3.70. The maximum absolute atomic E-state index is 12.4. The highest BCUT2D eigenvalue weighted by molar-refractivity contribution is 7.84. The van der Waals surface area contributed by atoms with Crippen LogP contribution in [0.25, 0.3) is 0 Å². The molecule has 0 aliphatic rings. The molecule has 110 valence electrons. The molecular formula is C16H16O4S. The smallest absolute Gasteiger partial charge is 0.338 e. The number of rotatable bonds is 5. The van der Waals surface area contributed by atoms with Crippen LogP contribution in [0.4, 0.5) is 0 Å². The summed E-state index contributed by atoms with van der Waals surface area (Å²) in [5, 5.41) is 0. The van der Waals surface area contributed by atoms with E-state index in [9.17, 15) is 9.00 Å². The van der Waals surface area contributed by atoms with E-state index in [0.29, 0.717) is 21.8 Å². The molecule has 0 heterocycles. The highest BCUT2D eigenvalue weighted by atomic mass is 32.2. The first kappa shape index (κ1) is 15.3. The lowest BCUT2D eigenvalue weighted by Gasteiger charge is -2.08. The van der Waals surface area contributed by atoms with Gasteiger partial charge in [-0.1, -0.05) is 18.2 Å². The van der Waals surface area contributed by atoms with Gasteiger partial charge in [0.25, 0.3) is 0 Å². The second-order valence-electron chi connectivity index (χ2n) is 4.31. The molecule has 2 rings (SSSR count). The van der Waals surface area contributed by atoms with Crippen LogP contribution < -0.4 is 4.74 Å². The monoisotopic (exact) mass is 304 g/mol. The first-order valence-electron chi connectivity index (χ1n) is 6.34. The van der Waals surface area contributed by atoms with Crippen LogP contribution in [0.5, 0.6) is 5.75 Å². The number of benzene rings is 2. The molecule has 5 heteroatoms.